The number of nitrogens with zero attached hydrogens (tertiary/aromatic N) is 2. The number of anilines is 1. The average Bonchev–Trinajstić information content (AvgIpc) is 3.09. The van der Waals surface area contributed by atoms with Crippen molar-refractivity contribution in [1.29, 1.82) is 0 Å². The lowest BCUT2D eigenvalue weighted by molar-refractivity contribution is -0.120. The van der Waals surface area contributed by atoms with E-state index in [1.54, 1.807) is 31.2 Å². The largest absolute Gasteiger partial charge is 0.495 e. The molecular formula is C25H21ClN2O6S. The van der Waals surface area contributed by atoms with Gasteiger partial charge in [0, 0.05) is 0 Å². The minimum Gasteiger partial charge on any atom is -0.495 e. The maximum Gasteiger partial charge on any atom is 0.270 e. The number of imide groups is 1. The highest BCUT2D eigenvalue weighted by Crippen LogP contribution is 2.34. The molecule has 4 rings (SSSR count). The summed E-state index contributed by atoms with van der Waals surface area (Å²) >= 11 is 6.23. The lowest BCUT2D eigenvalue weighted by Gasteiger charge is -2.29. The fraction of sp³-hybridized carbons (Fsp3) is 0.160. The lowest BCUT2D eigenvalue weighted by Crippen LogP contribution is -2.51. The normalized spacial score (nSPS) is 14.0. The number of benzene rings is 3. The highest BCUT2D eigenvalue weighted by molar-refractivity contribution is 7.93. The Bertz CT molecular complexity index is 1420. The third kappa shape index (κ3) is 4.17. The number of carbonyl (C=O) groups excluding carboxylic acids is 3. The molecule has 0 N–H and O–H groups in total. The van der Waals surface area contributed by atoms with Crippen molar-refractivity contribution < 1.29 is 27.5 Å². The van der Waals surface area contributed by atoms with Crippen LogP contribution in [0.4, 0.5) is 5.69 Å². The number of sulfonamides is 1. The van der Waals surface area contributed by atoms with Gasteiger partial charge in [-0.1, -0.05) is 41.4 Å². The molecule has 8 nitrogen and oxygen atoms in total. The second-order valence-corrected chi connectivity index (χ2v) is 10.1. The van der Waals surface area contributed by atoms with E-state index in [4.69, 9.17) is 16.3 Å². The van der Waals surface area contributed by atoms with Crippen LogP contribution < -0.4 is 9.04 Å². The number of hydrogen-bond donors (Lipinski definition) is 0. The van der Waals surface area contributed by atoms with Crippen LogP contribution in [0, 0.1) is 6.92 Å². The molecule has 0 radical (unpaired) electrons. The van der Waals surface area contributed by atoms with Gasteiger partial charge in [0.25, 0.3) is 27.7 Å². The molecule has 1 atom stereocenters. The van der Waals surface area contributed by atoms with Crippen molar-refractivity contribution in [2.45, 2.75) is 24.8 Å². The van der Waals surface area contributed by atoms with Crippen LogP contribution in [0.5, 0.6) is 5.75 Å². The van der Waals surface area contributed by atoms with E-state index in [2.05, 4.69) is 0 Å². The van der Waals surface area contributed by atoms with Gasteiger partial charge in [0.05, 0.1) is 33.8 Å². The molecule has 0 aliphatic carbocycles. The molecule has 1 aliphatic heterocycles. The molecule has 0 aromatic heterocycles. The summed E-state index contributed by atoms with van der Waals surface area (Å²) in [7, 11) is -3.05. The van der Waals surface area contributed by atoms with Gasteiger partial charge in [0.15, 0.2) is 0 Å². The molecule has 180 valence electrons. The third-order valence-electron chi connectivity index (χ3n) is 5.70. The van der Waals surface area contributed by atoms with Gasteiger partial charge < -0.3 is 4.74 Å². The molecule has 0 fully saturated rings. The van der Waals surface area contributed by atoms with E-state index >= 15 is 0 Å². The maximum absolute atomic E-state index is 13.8. The minimum absolute atomic E-state index is 0.0650. The molecule has 0 saturated heterocycles. The summed E-state index contributed by atoms with van der Waals surface area (Å²) in [5.74, 6) is -2.07. The van der Waals surface area contributed by atoms with E-state index < -0.39 is 33.8 Å². The Morgan fingerprint density at radius 2 is 1.54 bits per heavy atom. The van der Waals surface area contributed by atoms with Crippen LogP contribution in [0.2, 0.25) is 5.02 Å². The first-order valence-corrected chi connectivity index (χ1v) is 12.4. The fourth-order valence-corrected chi connectivity index (χ4v) is 5.54. The van der Waals surface area contributed by atoms with E-state index in [1.807, 2.05) is 0 Å². The summed E-state index contributed by atoms with van der Waals surface area (Å²) in [6, 6.07) is 14.8. The molecule has 0 spiro atoms. The molecule has 0 bridgehead atoms. The maximum atomic E-state index is 13.8. The second kappa shape index (κ2) is 9.16. The van der Waals surface area contributed by atoms with E-state index in [1.165, 1.54) is 56.5 Å². The number of amides is 3. The van der Waals surface area contributed by atoms with Crippen molar-refractivity contribution in [3.05, 3.63) is 88.4 Å². The van der Waals surface area contributed by atoms with Crippen molar-refractivity contribution in [2.24, 2.45) is 0 Å². The Balaban J connectivity index is 1.81. The number of ether oxygens (including phenoxy) is 1. The van der Waals surface area contributed by atoms with Gasteiger partial charge >= 0.3 is 0 Å². The predicted octanol–water partition coefficient (Wildman–Crippen LogP) is 4.06. The Morgan fingerprint density at radius 1 is 0.971 bits per heavy atom. The molecule has 10 heteroatoms. The van der Waals surface area contributed by atoms with Gasteiger partial charge in [-0.2, -0.15) is 0 Å². The van der Waals surface area contributed by atoms with Crippen molar-refractivity contribution in [2.75, 3.05) is 11.4 Å². The lowest BCUT2D eigenvalue weighted by atomic mass is 10.1. The average molecular weight is 513 g/mol. The molecule has 3 aromatic carbocycles. The number of halogens is 1. The van der Waals surface area contributed by atoms with Crippen LogP contribution in [0.1, 0.15) is 33.2 Å². The number of fused-ring (bicyclic) bond motifs is 1. The molecule has 0 saturated carbocycles. The second-order valence-electron chi connectivity index (χ2n) is 7.94. The highest BCUT2D eigenvalue weighted by atomic mass is 35.5. The fourth-order valence-electron chi connectivity index (χ4n) is 3.82. The molecule has 1 heterocycles. The van der Waals surface area contributed by atoms with E-state index in [0.717, 1.165) is 10.5 Å². The Labute approximate surface area is 207 Å². The topological polar surface area (TPSA) is 101 Å². The van der Waals surface area contributed by atoms with Gasteiger partial charge in [0.1, 0.15) is 11.8 Å². The van der Waals surface area contributed by atoms with Crippen LogP contribution in [-0.4, -0.2) is 44.2 Å². The third-order valence-corrected chi connectivity index (χ3v) is 7.73. The van der Waals surface area contributed by atoms with Crippen LogP contribution >= 0.6 is 11.6 Å². The van der Waals surface area contributed by atoms with Crippen LogP contribution in [-0.2, 0) is 14.8 Å². The molecule has 3 aromatic rings. The van der Waals surface area contributed by atoms with Crippen molar-refractivity contribution in [3.8, 4) is 5.75 Å². The first kappa shape index (κ1) is 24.4. The first-order valence-electron chi connectivity index (χ1n) is 10.5. The number of rotatable bonds is 6. The van der Waals surface area contributed by atoms with Gasteiger partial charge in [-0.05, 0) is 56.3 Å². The summed E-state index contributed by atoms with van der Waals surface area (Å²) in [5, 5.41) is 0.0790. The Morgan fingerprint density at radius 3 is 2.06 bits per heavy atom. The smallest absolute Gasteiger partial charge is 0.270 e. The van der Waals surface area contributed by atoms with Gasteiger partial charge in [-0.3, -0.25) is 19.3 Å². The van der Waals surface area contributed by atoms with Crippen LogP contribution in [0.25, 0.3) is 0 Å². The summed E-state index contributed by atoms with van der Waals surface area (Å²) < 4.78 is 33.1. The van der Waals surface area contributed by atoms with Gasteiger partial charge in [0.2, 0.25) is 0 Å². The quantitative estimate of drug-likeness (QED) is 0.461. The first-order chi connectivity index (χ1) is 16.6. The number of aryl methyl sites for hydroxylation is 1. The zero-order chi connectivity index (χ0) is 25.5. The zero-order valence-corrected chi connectivity index (χ0v) is 20.6. The number of carbonyl (C=O) groups is 3. The molecule has 1 unspecified atom stereocenters. The number of hydrogen-bond acceptors (Lipinski definition) is 6. The Kier molecular flexibility index (Phi) is 6.40. The van der Waals surface area contributed by atoms with E-state index in [0.29, 0.717) is 4.31 Å². The van der Waals surface area contributed by atoms with E-state index in [9.17, 15) is 22.8 Å². The summed E-state index contributed by atoms with van der Waals surface area (Å²) in [4.78, 5) is 40.3. The zero-order valence-electron chi connectivity index (χ0n) is 19.1. The van der Waals surface area contributed by atoms with Crippen LogP contribution in [0.3, 0.4) is 0 Å². The van der Waals surface area contributed by atoms with Crippen molar-refractivity contribution in [3.63, 3.8) is 0 Å². The SMILES string of the molecule is COc1ccc(N(C(=O)C(C)N2C(=O)c3ccccc3C2=O)S(=O)(=O)c2ccc(C)cc2)cc1Cl. The summed E-state index contributed by atoms with van der Waals surface area (Å²) in [5.41, 5.74) is 1.06. The van der Waals surface area contributed by atoms with Gasteiger partial charge in [-0.25, -0.2) is 12.7 Å². The van der Waals surface area contributed by atoms with Crippen molar-refractivity contribution in [1.82, 2.24) is 4.90 Å². The molecule has 35 heavy (non-hydrogen) atoms. The highest BCUT2D eigenvalue weighted by Gasteiger charge is 2.44. The summed E-state index contributed by atoms with van der Waals surface area (Å²) in [6.07, 6.45) is 0. The van der Waals surface area contributed by atoms with Crippen LogP contribution in [0.15, 0.2) is 71.6 Å². The molecule has 3 amide bonds. The Hall–Kier alpha value is -3.69. The molecular weight excluding hydrogens is 492 g/mol. The monoisotopic (exact) mass is 512 g/mol. The molecule has 1 aliphatic rings. The predicted molar refractivity (Wildman–Crippen MR) is 130 cm³/mol. The standard InChI is InChI=1S/C25H21ClN2O6S/c1-15-8-11-18(12-9-15)35(32,33)28(17-10-13-22(34-3)21(26)14-17)23(29)16(2)27-24(30)19-6-4-5-7-20(19)25(27)31/h4-14,16H,1-3H3. The number of methoxy groups -OCH3 is 1. The van der Waals surface area contributed by atoms with Gasteiger partial charge in [-0.15, -0.1) is 0 Å². The van der Waals surface area contributed by atoms with E-state index in [-0.39, 0.29) is 32.5 Å². The van der Waals surface area contributed by atoms with Crippen molar-refractivity contribution >= 4 is 45.0 Å². The summed E-state index contributed by atoms with van der Waals surface area (Å²) in [6.45, 7) is 3.11. The minimum atomic E-state index is -4.45.